The third-order valence-electron chi connectivity index (χ3n) is 3.29. The molecule has 0 radical (unpaired) electrons. The molecule has 1 fully saturated rings. The number of esters is 1. The Morgan fingerprint density at radius 3 is 2.86 bits per heavy atom. The van der Waals surface area contributed by atoms with Crippen molar-refractivity contribution in [3.63, 3.8) is 0 Å². The second kappa shape index (κ2) is 6.57. The van der Waals surface area contributed by atoms with E-state index >= 15 is 0 Å². The number of methoxy groups -OCH3 is 1. The van der Waals surface area contributed by atoms with Crippen molar-refractivity contribution in [2.24, 2.45) is 5.92 Å². The molecule has 8 heteroatoms. The number of hydrogen-bond acceptors (Lipinski definition) is 5. The summed E-state index contributed by atoms with van der Waals surface area (Å²) in [6.07, 6.45) is 0.480. The zero-order valence-corrected chi connectivity index (χ0v) is 12.3. The molecule has 7 nitrogen and oxygen atoms in total. The van der Waals surface area contributed by atoms with E-state index in [0.29, 0.717) is 24.4 Å². The van der Waals surface area contributed by atoms with Crippen molar-refractivity contribution in [1.29, 1.82) is 0 Å². The SMILES string of the molecule is COC(=O)c1ccc(CNC(=O)N2CCC(C(=O)O)C2)s1. The van der Waals surface area contributed by atoms with Crippen molar-refractivity contribution in [2.75, 3.05) is 20.2 Å². The number of nitrogens with zero attached hydrogens (tertiary/aromatic N) is 1. The number of hydrogen-bond donors (Lipinski definition) is 2. The van der Waals surface area contributed by atoms with Crippen molar-refractivity contribution < 1.29 is 24.2 Å². The van der Waals surface area contributed by atoms with Gasteiger partial charge in [0.15, 0.2) is 0 Å². The third kappa shape index (κ3) is 3.72. The zero-order chi connectivity index (χ0) is 15.4. The summed E-state index contributed by atoms with van der Waals surface area (Å²) in [4.78, 5) is 36.9. The van der Waals surface area contributed by atoms with Crippen LogP contribution in [-0.2, 0) is 16.1 Å². The summed E-state index contributed by atoms with van der Waals surface area (Å²) < 4.78 is 4.61. The van der Waals surface area contributed by atoms with Crippen molar-refractivity contribution in [2.45, 2.75) is 13.0 Å². The van der Waals surface area contributed by atoms with E-state index in [-0.39, 0.29) is 12.6 Å². The molecule has 1 aliphatic rings. The first-order valence-electron chi connectivity index (χ1n) is 6.44. The average Bonchev–Trinajstić information content (AvgIpc) is 3.12. The monoisotopic (exact) mass is 312 g/mol. The molecule has 0 aliphatic carbocycles. The Morgan fingerprint density at radius 2 is 2.24 bits per heavy atom. The molecule has 1 aromatic heterocycles. The van der Waals surface area contributed by atoms with E-state index in [1.807, 2.05) is 0 Å². The highest BCUT2D eigenvalue weighted by atomic mass is 32.1. The van der Waals surface area contributed by atoms with Gasteiger partial charge in [0, 0.05) is 18.0 Å². The van der Waals surface area contributed by atoms with Crippen LogP contribution in [0.3, 0.4) is 0 Å². The molecule has 0 saturated carbocycles. The second-order valence-electron chi connectivity index (χ2n) is 4.69. The zero-order valence-electron chi connectivity index (χ0n) is 11.5. The minimum atomic E-state index is -0.869. The van der Waals surface area contributed by atoms with E-state index in [4.69, 9.17) is 5.11 Å². The van der Waals surface area contributed by atoms with Crippen LogP contribution < -0.4 is 5.32 Å². The summed E-state index contributed by atoms with van der Waals surface area (Å²) in [5, 5.41) is 11.6. The number of aliphatic carboxylic acids is 1. The maximum absolute atomic E-state index is 11.9. The number of likely N-dealkylation sites (tertiary alicyclic amines) is 1. The van der Waals surface area contributed by atoms with Crippen LogP contribution in [0.1, 0.15) is 21.0 Å². The fraction of sp³-hybridized carbons (Fsp3) is 0.462. The van der Waals surface area contributed by atoms with Gasteiger partial charge in [0.2, 0.25) is 0 Å². The topological polar surface area (TPSA) is 95.9 Å². The van der Waals surface area contributed by atoms with Crippen LogP contribution in [0.25, 0.3) is 0 Å². The van der Waals surface area contributed by atoms with Crippen molar-refractivity contribution >= 4 is 29.3 Å². The molecule has 2 N–H and O–H groups in total. The number of nitrogens with one attached hydrogen (secondary N) is 1. The highest BCUT2D eigenvalue weighted by molar-refractivity contribution is 7.13. The van der Waals surface area contributed by atoms with Gasteiger partial charge in [-0.25, -0.2) is 9.59 Å². The fourth-order valence-electron chi connectivity index (χ4n) is 2.10. The largest absolute Gasteiger partial charge is 0.481 e. The third-order valence-corrected chi connectivity index (χ3v) is 4.35. The molecule has 1 atom stereocenters. The highest BCUT2D eigenvalue weighted by Gasteiger charge is 2.30. The Hall–Kier alpha value is -2.09. The second-order valence-corrected chi connectivity index (χ2v) is 5.85. The standard InChI is InChI=1S/C13H16N2O5S/c1-20-12(18)10-3-2-9(21-10)6-14-13(19)15-5-4-8(7-15)11(16)17/h2-3,8H,4-7H2,1H3,(H,14,19)(H,16,17). The Bertz CT molecular complexity index is 557. The number of carboxylic acid groups (broad SMARTS) is 1. The van der Waals surface area contributed by atoms with Crippen molar-refractivity contribution in [1.82, 2.24) is 10.2 Å². The van der Waals surface area contributed by atoms with Crippen LogP contribution in [0.4, 0.5) is 4.79 Å². The predicted octanol–water partition coefficient (Wildman–Crippen LogP) is 1.15. The fourth-order valence-corrected chi connectivity index (χ4v) is 2.97. The number of amides is 2. The van der Waals surface area contributed by atoms with Gasteiger partial charge in [-0.05, 0) is 18.6 Å². The van der Waals surface area contributed by atoms with Gasteiger partial charge in [-0.15, -0.1) is 11.3 Å². The molecule has 0 aromatic carbocycles. The summed E-state index contributed by atoms with van der Waals surface area (Å²) in [6, 6.07) is 3.11. The van der Waals surface area contributed by atoms with Gasteiger partial charge in [-0.2, -0.15) is 0 Å². The number of carbonyl (C=O) groups is 3. The molecule has 1 aromatic rings. The lowest BCUT2D eigenvalue weighted by Gasteiger charge is -2.16. The Morgan fingerprint density at radius 1 is 1.48 bits per heavy atom. The van der Waals surface area contributed by atoms with Crippen LogP contribution >= 0.6 is 11.3 Å². The first-order valence-corrected chi connectivity index (χ1v) is 7.25. The Balaban J connectivity index is 1.83. The van der Waals surface area contributed by atoms with E-state index in [1.165, 1.54) is 23.3 Å². The first kappa shape index (κ1) is 15.3. The number of carboxylic acids is 1. The highest BCUT2D eigenvalue weighted by Crippen LogP contribution is 2.18. The quantitative estimate of drug-likeness (QED) is 0.813. The van der Waals surface area contributed by atoms with Crippen molar-refractivity contribution in [3.05, 3.63) is 21.9 Å². The molecule has 21 heavy (non-hydrogen) atoms. The molecular formula is C13H16N2O5S. The molecular weight excluding hydrogens is 296 g/mol. The van der Waals surface area contributed by atoms with Gasteiger partial charge < -0.3 is 20.1 Å². The molecule has 1 aliphatic heterocycles. The molecule has 0 bridgehead atoms. The van der Waals surface area contributed by atoms with Gasteiger partial charge in [0.25, 0.3) is 0 Å². The Labute approximate surface area is 125 Å². The molecule has 1 unspecified atom stereocenters. The maximum atomic E-state index is 11.9. The number of ether oxygens (including phenoxy) is 1. The van der Waals surface area contributed by atoms with Crippen LogP contribution in [0.15, 0.2) is 12.1 Å². The molecule has 2 rings (SSSR count). The normalized spacial score (nSPS) is 17.6. The molecule has 0 spiro atoms. The summed E-state index contributed by atoms with van der Waals surface area (Å²) in [6.45, 7) is 0.981. The summed E-state index contributed by atoms with van der Waals surface area (Å²) in [5.74, 6) is -1.75. The van der Waals surface area contributed by atoms with E-state index in [2.05, 4.69) is 10.1 Å². The van der Waals surface area contributed by atoms with Gasteiger partial charge in [-0.1, -0.05) is 0 Å². The van der Waals surface area contributed by atoms with Crippen LogP contribution in [0.5, 0.6) is 0 Å². The number of rotatable bonds is 4. The van der Waals surface area contributed by atoms with Gasteiger partial charge in [-0.3, -0.25) is 4.79 Å². The van der Waals surface area contributed by atoms with Gasteiger partial charge in [0.1, 0.15) is 4.88 Å². The van der Waals surface area contributed by atoms with E-state index < -0.39 is 17.9 Å². The summed E-state index contributed by atoms with van der Waals surface area (Å²) in [7, 11) is 1.32. The lowest BCUT2D eigenvalue weighted by Crippen LogP contribution is -2.38. The summed E-state index contributed by atoms with van der Waals surface area (Å²) >= 11 is 1.25. The van der Waals surface area contributed by atoms with Crippen molar-refractivity contribution in [3.8, 4) is 0 Å². The predicted molar refractivity (Wildman–Crippen MR) is 75.2 cm³/mol. The lowest BCUT2D eigenvalue weighted by molar-refractivity contribution is -0.141. The van der Waals surface area contributed by atoms with Gasteiger partial charge in [0.05, 0.1) is 19.6 Å². The maximum Gasteiger partial charge on any atom is 0.348 e. The van der Waals surface area contributed by atoms with Gasteiger partial charge >= 0.3 is 18.0 Å². The minimum Gasteiger partial charge on any atom is -0.481 e. The number of thiophene rings is 1. The van der Waals surface area contributed by atoms with Crippen LogP contribution in [-0.4, -0.2) is 48.2 Å². The molecule has 2 heterocycles. The number of urea groups is 1. The summed E-state index contributed by atoms with van der Waals surface area (Å²) in [5.41, 5.74) is 0. The Kier molecular flexibility index (Phi) is 4.79. The number of carbonyl (C=O) groups excluding carboxylic acids is 2. The van der Waals surface area contributed by atoms with E-state index in [1.54, 1.807) is 12.1 Å². The first-order chi connectivity index (χ1) is 10.0. The lowest BCUT2D eigenvalue weighted by atomic mass is 10.1. The van der Waals surface area contributed by atoms with E-state index in [9.17, 15) is 14.4 Å². The molecule has 2 amide bonds. The smallest absolute Gasteiger partial charge is 0.348 e. The molecule has 114 valence electrons. The van der Waals surface area contributed by atoms with Crippen LogP contribution in [0.2, 0.25) is 0 Å². The molecule has 1 saturated heterocycles. The van der Waals surface area contributed by atoms with E-state index in [0.717, 1.165) is 4.88 Å². The minimum absolute atomic E-state index is 0.235. The average molecular weight is 312 g/mol. The van der Waals surface area contributed by atoms with Crippen LogP contribution in [0, 0.1) is 5.92 Å².